The quantitative estimate of drug-likeness (QED) is 0.926. The van der Waals surface area contributed by atoms with E-state index in [1.54, 1.807) is 4.90 Å². The van der Waals surface area contributed by atoms with Crippen LogP contribution in [0.4, 0.5) is 4.79 Å². The van der Waals surface area contributed by atoms with Crippen LogP contribution in [0, 0.1) is 11.8 Å². The van der Waals surface area contributed by atoms with Crippen LogP contribution in [0.5, 0.6) is 0 Å². The summed E-state index contributed by atoms with van der Waals surface area (Å²) in [5.74, 6) is -0.494. The molecule has 1 aliphatic heterocycles. The molecule has 2 rings (SSSR count). The molecular weight excluding hydrogens is 270 g/mol. The van der Waals surface area contributed by atoms with E-state index in [0.29, 0.717) is 19.0 Å². The summed E-state index contributed by atoms with van der Waals surface area (Å²) in [6.07, 6.45) is 0.559. The predicted octanol–water partition coefficient (Wildman–Crippen LogP) is 2.76. The molecule has 1 fully saturated rings. The van der Waals surface area contributed by atoms with E-state index in [-0.39, 0.29) is 25.0 Å². The first-order valence-electron chi connectivity index (χ1n) is 7.23. The molecule has 2 unspecified atom stereocenters. The minimum atomic E-state index is -0.814. The number of carboxylic acid groups (broad SMARTS) is 1. The van der Waals surface area contributed by atoms with Gasteiger partial charge in [-0.05, 0) is 23.8 Å². The Hall–Kier alpha value is -2.04. The van der Waals surface area contributed by atoms with Crippen molar-refractivity contribution in [3.8, 4) is 0 Å². The van der Waals surface area contributed by atoms with E-state index in [9.17, 15) is 9.59 Å². The molecule has 0 spiro atoms. The van der Waals surface area contributed by atoms with Crippen LogP contribution in [-0.4, -0.2) is 35.2 Å². The summed E-state index contributed by atoms with van der Waals surface area (Å²) in [5.41, 5.74) is 0.943. The molecule has 1 aromatic rings. The van der Waals surface area contributed by atoms with Crippen molar-refractivity contribution in [1.29, 1.82) is 0 Å². The second kappa shape index (κ2) is 7.11. The molecule has 1 aliphatic rings. The van der Waals surface area contributed by atoms with Gasteiger partial charge in [0.2, 0.25) is 0 Å². The van der Waals surface area contributed by atoms with Gasteiger partial charge in [-0.25, -0.2) is 4.79 Å². The van der Waals surface area contributed by atoms with E-state index >= 15 is 0 Å². The van der Waals surface area contributed by atoms with Gasteiger partial charge in [-0.2, -0.15) is 0 Å². The zero-order valence-corrected chi connectivity index (χ0v) is 12.2. The summed E-state index contributed by atoms with van der Waals surface area (Å²) in [6.45, 7) is 3.38. The van der Waals surface area contributed by atoms with E-state index in [1.807, 2.05) is 37.3 Å². The van der Waals surface area contributed by atoms with Gasteiger partial charge in [0.15, 0.2) is 0 Å². The minimum Gasteiger partial charge on any atom is -0.481 e. The maximum absolute atomic E-state index is 12.1. The predicted molar refractivity (Wildman–Crippen MR) is 77.7 cm³/mol. The van der Waals surface area contributed by atoms with Crippen LogP contribution >= 0.6 is 0 Å². The number of likely N-dealkylation sites (tertiary alicyclic amines) is 1. The van der Waals surface area contributed by atoms with Crippen LogP contribution in [0.3, 0.4) is 0 Å². The summed E-state index contributed by atoms with van der Waals surface area (Å²) >= 11 is 0. The summed E-state index contributed by atoms with van der Waals surface area (Å²) in [4.78, 5) is 24.6. The first-order chi connectivity index (χ1) is 10.1. The summed E-state index contributed by atoms with van der Waals surface area (Å²) in [6, 6.07) is 9.51. The first kappa shape index (κ1) is 15.4. The van der Waals surface area contributed by atoms with E-state index in [1.165, 1.54) is 0 Å². The van der Waals surface area contributed by atoms with Gasteiger partial charge in [-0.3, -0.25) is 4.79 Å². The van der Waals surface area contributed by atoms with E-state index < -0.39 is 5.97 Å². The maximum Gasteiger partial charge on any atom is 0.410 e. The zero-order valence-electron chi connectivity index (χ0n) is 12.2. The van der Waals surface area contributed by atoms with Crippen molar-refractivity contribution in [2.45, 2.75) is 26.4 Å². The molecular formula is C16H21NO4. The molecule has 21 heavy (non-hydrogen) atoms. The average Bonchev–Trinajstić information content (AvgIpc) is 2.47. The molecule has 0 aromatic heterocycles. The number of rotatable bonds is 4. The Balaban J connectivity index is 1.86. The number of ether oxygens (including phenoxy) is 1. The molecule has 0 saturated carbocycles. The third-order valence-electron chi connectivity index (χ3n) is 4.01. The number of amides is 1. The number of carbonyl (C=O) groups is 2. The number of carboxylic acids is 1. The van der Waals surface area contributed by atoms with Gasteiger partial charge in [0, 0.05) is 13.1 Å². The van der Waals surface area contributed by atoms with Crippen LogP contribution in [0.2, 0.25) is 0 Å². The van der Waals surface area contributed by atoms with Crippen molar-refractivity contribution in [2.24, 2.45) is 11.8 Å². The zero-order chi connectivity index (χ0) is 15.2. The third-order valence-corrected chi connectivity index (χ3v) is 4.01. The lowest BCUT2D eigenvalue weighted by Gasteiger charge is -2.35. The van der Waals surface area contributed by atoms with Crippen molar-refractivity contribution in [3.63, 3.8) is 0 Å². The molecule has 1 N–H and O–H groups in total. The van der Waals surface area contributed by atoms with Gasteiger partial charge < -0.3 is 14.7 Å². The van der Waals surface area contributed by atoms with Crippen molar-refractivity contribution < 1.29 is 19.4 Å². The SMILES string of the molecule is CC1CCN(C(=O)OCc2ccccc2)CC1CC(=O)O. The van der Waals surface area contributed by atoms with E-state index in [0.717, 1.165) is 12.0 Å². The van der Waals surface area contributed by atoms with Gasteiger partial charge in [-0.15, -0.1) is 0 Å². The summed E-state index contributed by atoms with van der Waals surface area (Å²) in [7, 11) is 0. The number of hydrogen-bond donors (Lipinski definition) is 1. The van der Waals surface area contributed by atoms with Crippen molar-refractivity contribution >= 4 is 12.1 Å². The molecule has 0 aliphatic carbocycles. The lowest BCUT2D eigenvalue weighted by Crippen LogP contribution is -2.44. The Morgan fingerprint density at radius 2 is 2.05 bits per heavy atom. The number of aliphatic carboxylic acids is 1. The fourth-order valence-electron chi connectivity index (χ4n) is 2.62. The van der Waals surface area contributed by atoms with Crippen LogP contribution < -0.4 is 0 Å². The third kappa shape index (κ3) is 4.48. The normalized spacial score (nSPS) is 21.9. The lowest BCUT2D eigenvalue weighted by molar-refractivity contribution is -0.139. The second-order valence-corrected chi connectivity index (χ2v) is 5.61. The molecule has 5 heteroatoms. The smallest absolute Gasteiger partial charge is 0.410 e. The van der Waals surface area contributed by atoms with Gasteiger partial charge in [0.25, 0.3) is 0 Å². The lowest BCUT2D eigenvalue weighted by atomic mass is 9.85. The molecule has 114 valence electrons. The molecule has 1 aromatic carbocycles. The molecule has 1 heterocycles. The first-order valence-corrected chi connectivity index (χ1v) is 7.23. The maximum atomic E-state index is 12.1. The summed E-state index contributed by atoms with van der Waals surface area (Å²) < 4.78 is 5.30. The molecule has 0 radical (unpaired) electrons. The molecule has 2 atom stereocenters. The number of carbonyl (C=O) groups excluding carboxylic acids is 1. The fraction of sp³-hybridized carbons (Fsp3) is 0.500. The Morgan fingerprint density at radius 1 is 1.33 bits per heavy atom. The number of hydrogen-bond acceptors (Lipinski definition) is 3. The monoisotopic (exact) mass is 291 g/mol. The molecule has 5 nitrogen and oxygen atoms in total. The number of piperidine rings is 1. The highest BCUT2D eigenvalue weighted by atomic mass is 16.6. The van der Waals surface area contributed by atoms with Crippen molar-refractivity contribution in [2.75, 3.05) is 13.1 Å². The largest absolute Gasteiger partial charge is 0.481 e. The Kier molecular flexibility index (Phi) is 5.20. The van der Waals surface area contributed by atoms with Crippen molar-refractivity contribution in [1.82, 2.24) is 4.90 Å². The van der Waals surface area contributed by atoms with Gasteiger partial charge in [-0.1, -0.05) is 37.3 Å². The standard InChI is InChI=1S/C16H21NO4/c1-12-7-8-17(10-14(12)9-15(18)19)16(20)21-11-13-5-3-2-4-6-13/h2-6,12,14H,7-11H2,1H3,(H,18,19). The van der Waals surface area contributed by atoms with Crippen LogP contribution in [0.15, 0.2) is 30.3 Å². The highest BCUT2D eigenvalue weighted by Crippen LogP contribution is 2.26. The number of benzene rings is 1. The topological polar surface area (TPSA) is 66.8 Å². The van der Waals surface area contributed by atoms with Crippen LogP contribution in [0.25, 0.3) is 0 Å². The molecule has 1 amide bonds. The highest BCUT2D eigenvalue weighted by Gasteiger charge is 2.30. The van der Waals surface area contributed by atoms with Crippen molar-refractivity contribution in [3.05, 3.63) is 35.9 Å². The Labute approximate surface area is 124 Å². The highest BCUT2D eigenvalue weighted by molar-refractivity contribution is 5.69. The van der Waals surface area contributed by atoms with Crippen LogP contribution in [0.1, 0.15) is 25.3 Å². The molecule has 0 bridgehead atoms. The molecule has 1 saturated heterocycles. The Bertz CT molecular complexity index is 488. The Morgan fingerprint density at radius 3 is 2.71 bits per heavy atom. The summed E-state index contributed by atoms with van der Waals surface area (Å²) in [5, 5.41) is 8.93. The van der Waals surface area contributed by atoms with Gasteiger partial charge in [0.1, 0.15) is 6.61 Å². The second-order valence-electron chi connectivity index (χ2n) is 5.61. The number of nitrogens with zero attached hydrogens (tertiary/aromatic N) is 1. The minimum absolute atomic E-state index is 0.000486. The van der Waals surface area contributed by atoms with Crippen LogP contribution in [-0.2, 0) is 16.1 Å². The van der Waals surface area contributed by atoms with E-state index in [2.05, 4.69) is 0 Å². The van der Waals surface area contributed by atoms with Gasteiger partial charge >= 0.3 is 12.1 Å². The van der Waals surface area contributed by atoms with E-state index in [4.69, 9.17) is 9.84 Å². The fourth-order valence-corrected chi connectivity index (χ4v) is 2.62. The van der Waals surface area contributed by atoms with Gasteiger partial charge in [0.05, 0.1) is 6.42 Å². The average molecular weight is 291 g/mol.